The number of nitrogens with zero attached hydrogens (tertiary/aromatic N) is 1. The van der Waals surface area contributed by atoms with Gasteiger partial charge in [0.15, 0.2) is 5.11 Å². The number of para-hydroxylation sites is 2. The van der Waals surface area contributed by atoms with E-state index in [1.807, 2.05) is 38.1 Å². The van der Waals surface area contributed by atoms with Gasteiger partial charge in [0, 0.05) is 18.7 Å². The molecule has 0 aromatic heterocycles. The first kappa shape index (κ1) is 19.2. The molecule has 0 saturated carbocycles. The van der Waals surface area contributed by atoms with E-state index in [1.165, 1.54) is 12.8 Å². The summed E-state index contributed by atoms with van der Waals surface area (Å²) in [6.45, 7) is 5.98. The summed E-state index contributed by atoms with van der Waals surface area (Å²) >= 11 is 5.36. The van der Waals surface area contributed by atoms with Gasteiger partial charge in [-0.25, -0.2) is 0 Å². The monoisotopic (exact) mass is 383 g/mol. The highest BCUT2D eigenvalue weighted by atomic mass is 32.1. The van der Waals surface area contributed by atoms with Crippen molar-refractivity contribution in [2.75, 3.05) is 23.3 Å². The standard InChI is InChI=1S/C21H25N3O2S/c1-15(2)26-17-9-7-8-16(14-17)20(25)23-21(27)22-18-10-3-4-11-19(18)24-12-5-6-13-24/h3-4,7-11,14-15H,5-6,12-13H2,1-2H3,(H2,22,23,25,27). The predicted molar refractivity (Wildman–Crippen MR) is 114 cm³/mol. The number of nitrogens with one attached hydrogen (secondary N) is 2. The molecule has 27 heavy (non-hydrogen) atoms. The van der Waals surface area contributed by atoms with E-state index in [0.29, 0.717) is 11.3 Å². The number of carbonyl (C=O) groups excluding carboxylic acids is 1. The summed E-state index contributed by atoms with van der Waals surface area (Å²) in [4.78, 5) is 14.9. The van der Waals surface area contributed by atoms with Crippen LogP contribution in [0.15, 0.2) is 48.5 Å². The summed E-state index contributed by atoms with van der Waals surface area (Å²) in [6, 6.07) is 15.1. The van der Waals surface area contributed by atoms with Gasteiger partial charge in [0.2, 0.25) is 0 Å². The zero-order valence-electron chi connectivity index (χ0n) is 15.7. The van der Waals surface area contributed by atoms with Crippen LogP contribution in [0.5, 0.6) is 5.75 Å². The van der Waals surface area contributed by atoms with E-state index < -0.39 is 0 Å². The lowest BCUT2D eigenvalue weighted by molar-refractivity contribution is 0.0977. The van der Waals surface area contributed by atoms with Crippen molar-refractivity contribution in [1.29, 1.82) is 0 Å². The smallest absolute Gasteiger partial charge is 0.257 e. The van der Waals surface area contributed by atoms with Gasteiger partial charge in [-0.2, -0.15) is 0 Å². The molecule has 0 bridgehead atoms. The van der Waals surface area contributed by atoms with Crippen molar-refractivity contribution in [2.24, 2.45) is 0 Å². The average Bonchev–Trinajstić information content (AvgIpc) is 3.16. The second kappa shape index (κ2) is 8.86. The summed E-state index contributed by atoms with van der Waals surface area (Å²) in [5, 5.41) is 6.19. The number of carbonyl (C=O) groups is 1. The highest BCUT2D eigenvalue weighted by Gasteiger charge is 2.16. The Morgan fingerprint density at radius 2 is 1.85 bits per heavy atom. The number of anilines is 2. The highest BCUT2D eigenvalue weighted by molar-refractivity contribution is 7.80. The Morgan fingerprint density at radius 3 is 2.59 bits per heavy atom. The van der Waals surface area contributed by atoms with Crippen molar-refractivity contribution >= 4 is 34.6 Å². The number of hydrogen-bond donors (Lipinski definition) is 2. The number of benzene rings is 2. The highest BCUT2D eigenvalue weighted by Crippen LogP contribution is 2.28. The first-order valence-electron chi connectivity index (χ1n) is 9.26. The minimum Gasteiger partial charge on any atom is -0.491 e. The molecule has 0 spiro atoms. The van der Waals surface area contributed by atoms with E-state index in [0.717, 1.165) is 24.5 Å². The maximum atomic E-state index is 12.5. The largest absolute Gasteiger partial charge is 0.491 e. The molecule has 1 aliphatic rings. The summed E-state index contributed by atoms with van der Waals surface area (Å²) in [7, 11) is 0. The summed E-state index contributed by atoms with van der Waals surface area (Å²) in [6.07, 6.45) is 2.45. The Bertz CT molecular complexity index is 817. The average molecular weight is 384 g/mol. The van der Waals surface area contributed by atoms with E-state index >= 15 is 0 Å². The molecule has 2 aromatic rings. The fourth-order valence-electron chi connectivity index (χ4n) is 3.12. The number of ether oxygens (including phenoxy) is 1. The molecule has 0 radical (unpaired) electrons. The number of hydrogen-bond acceptors (Lipinski definition) is 4. The normalized spacial score (nSPS) is 13.5. The van der Waals surface area contributed by atoms with Crippen LogP contribution in [0.2, 0.25) is 0 Å². The summed E-state index contributed by atoms with van der Waals surface area (Å²) in [5.41, 5.74) is 2.52. The van der Waals surface area contributed by atoms with Crippen LogP contribution in [0.3, 0.4) is 0 Å². The molecule has 2 N–H and O–H groups in total. The predicted octanol–water partition coefficient (Wildman–Crippen LogP) is 4.20. The van der Waals surface area contributed by atoms with Crippen LogP contribution in [-0.2, 0) is 0 Å². The molecule has 0 atom stereocenters. The third-order valence-corrected chi connectivity index (χ3v) is 4.50. The molecule has 2 aromatic carbocycles. The van der Waals surface area contributed by atoms with Crippen molar-refractivity contribution in [1.82, 2.24) is 5.32 Å². The topological polar surface area (TPSA) is 53.6 Å². The van der Waals surface area contributed by atoms with Crippen LogP contribution >= 0.6 is 12.2 Å². The fraction of sp³-hybridized carbons (Fsp3) is 0.333. The Kier molecular flexibility index (Phi) is 6.29. The molecule has 1 saturated heterocycles. The molecule has 6 heteroatoms. The Hall–Kier alpha value is -2.60. The van der Waals surface area contributed by atoms with Gasteiger partial charge >= 0.3 is 0 Å². The molecule has 142 valence electrons. The third-order valence-electron chi connectivity index (χ3n) is 4.29. The van der Waals surface area contributed by atoms with Crippen LogP contribution in [0.4, 0.5) is 11.4 Å². The first-order chi connectivity index (χ1) is 13.0. The van der Waals surface area contributed by atoms with Crippen LogP contribution in [0.25, 0.3) is 0 Å². The second-order valence-corrected chi connectivity index (χ2v) is 7.22. The van der Waals surface area contributed by atoms with Gasteiger partial charge in [0.25, 0.3) is 5.91 Å². The molecule has 0 unspecified atom stereocenters. The molecule has 0 aliphatic carbocycles. The van der Waals surface area contributed by atoms with E-state index in [1.54, 1.807) is 18.2 Å². The van der Waals surface area contributed by atoms with Crippen molar-refractivity contribution in [3.63, 3.8) is 0 Å². The van der Waals surface area contributed by atoms with Crippen molar-refractivity contribution in [3.05, 3.63) is 54.1 Å². The van der Waals surface area contributed by atoms with Gasteiger partial charge in [-0.3, -0.25) is 10.1 Å². The molecule has 1 aliphatic heterocycles. The van der Waals surface area contributed by atoms with Gasteiger partial charge in [-0.1, -0.05) is 18.2 Å². The summed E-state index contributed by atoms with van der Waals surface area (Å²) in [5.74, 6) is 0.399. The Balaban J connectivity index is 1.65. The number of thiocarbonyl (C=S) groups is 1. The Labute approximate surface area is 165 Å². The van der Waals surface area contributed by atoms with Gasteiger partial charge in [-0.15, -0.1) is 0 Å². The molecule has 3 rings (SSSR count). The molecule has 5 nitrogen and oxygen atoms in total. The van der Waals surface area contributed by atoms with Gasteiger partial charge in [-0.05, 0) is 69.2 Å². The quantitative estimate of drug-likeness (QED) is 0.758. The molecular weight excluding hydrogens is 358 g/mol. The maximum absolute atomic E-state index is 12.5. The lowest BCUT2D eigenvalue weighted by Gasteiger charge is -2.22. The SMILES string of the molecule is CC(C)Oc1cccc(C(=O)NC(=S)Nc2ccccc2N2CCCC2)c1. The lowest BCUT2D eigenvalue weighted by Crippen LogP contribution is -2.34. The third kappa shape index (κ3) is 5.20. The van der Waals surface area contributed by atoms with E-state index in [2.05, 4.69) is 21.6 Å². The van der Waals surface area contributed by atoms with Gasteiger partial charge in [0.1, 0.15) is 5.75 Å². The van der Waals surface area contributed by atoms with Crippen LogP contribution in [0.1, 0.15) is 37.0 Å². The minimum absolute atomic E-state index is 0.0492. The summed E-state index contributed by atoms with van der Waals surface area (Å²) < 4.78 is 5.64. The zero-order chi connectivity index (χ0) is 19.2. The molecule has 1 amide bonds. The number of rotatable bonds is 5. The minimum atomic E-state index is -0.264. The Morgan fingerprint density at radius 1 is 1.11 bits per heavy atom. The molecule has 1 heterocycles. The number of amides is 1. The van der Waals surface area contributed by atoms with E-state index in [9.17, 15) is 4.79 Å². The molecular formula is C21H25N3O2S. The first-order valence-corrected chi connectivity index (χ1v) is 9.67. The van der Waals surface area contributed by atoms with Crippen molar-refractivity contribution in [3.8, 4) is 5.75 Å². The molecule has 1 fully saturated rings. The maximum Gasteiger partial charge on any atom is 0.257 e. The van der Waals surface area contributed by atoms with Gasteiger partial charge < -0.3 is 15.0 Å². The fourth-order valence-corrected chi connectivity index (χ4v) is 3.33. The zero-order valence-corrected chi connectivity index (χ0v) is 16.5. The van der Waals surface area contributed by atoms with Crippen LogP contribution < -0.4 is 20.3 Å². The van der Waals surface area contributed by atoms with Crippen molar-refractivity contribution in [2.45, 2.75) is 32.8 Å². The van der Waals surface area contributed by atoms with Crippen LogP contribution in [-0.4, -0.2) is 30.2 Å². The van der Waals surface area contributed by atoms with E-state index in [4.69, 9.17) is 17.0 Å². The second-order valence-electron chi connectivity index (χ2n) is 6.81. The lowest BCUT2D eigenvalue weighted by atomic mass is 10.2. The van der Waals surface area contributed by atoms with Gasteiger partial charge in [0.05, 0.1) is 17.5 Å². The van der Waals surface area contributed by atoms with Crippen LogP contribution in [0, 0.1) is 0 Å². The van der Waals surface area contributed by atoms with Crippen molar-refractivity contribution < 1.29 is 9.53 Å². The van der Waals surface area contributed by atoms with E-state index in [-0.39, 0.29) is 17.1 Å².